The molecule has 126 valence electrons. The van der Waals surface area contributed by atoms with E-state index in [4.69, 9.17) is 21.1 Å². The second kappa shape index (κ2) is 8.06. The molecule has 1 fully saturated rings. The van der Waals surface area contributed by atoms with E-state index in [2.05, 4.69) is 0 Å². The minimum Gasteiger partial charge on any atom is -0.489 e. The van der Waals surface area contributed by atoms with Crippen molar-refractivity contribution in [3.63, 3.8) is 0 Å². The second-order valence-electron chi connectivity index (χ2n) is 5.78. The van der Waals surface area contributed by atoms with Crippen LogP contribution in [0.5, 0.6) is 11.5 Å². The van der Waals surface area contributed by atoms with Gasteiger partial charge in [-0.15, -0.1) is 0 Å². The van der Waals surface area contributed by atoms with Crippen molar-refractivity contribution >= 4 is 17.5 Å². The van der Waals surface area contributed by atoms with Gasteiger partial charge < -0.3 is 14.4 Å². The Morgan fingerprint density at radius 2 is 1.83 bits per heavy atom. The fourth-order valence-electron chi connectivity index (χ4n) is 2.72. The van der Waals surface area contributed by atoms with E-state index in [1.54, 1.807) is 24.3 Å². The highest BCUT2D eigenvalue weighted by molar-refractivity contribution is 6.30. The monoisotopic (exact) mass is 345 g/mol. The normalized spacial score (nSPS) is 17.4. The number of likely N-dealkylation sites (tertiary alicyclic amines) is 1. The predicted molar refractivity (Wildman–Crippen MR) is 93.6 cm³/mol. The third kappa shape index (κ3) is 4.65. The first-order valence-corrected chi connectivity index (χ1v) is 8.46. The van der Waals surface area contributed by atoms with Crippen molar-refractivity contribution < 1.29 is 14.3 Å². The highest BCUT2D eigenvalue weighted by atomic mass is 35.5. The molecule has 24 heavy (non-hydrogen) atoms. The topological polar surface area (TPSA) is 38.8 Å². The molecule has 1 heterocycles. The van der Waals surface area contributed by atoms with Crippen molar-refractivity contribution in [3.05, 3.63) is 59.6 Å². The van der Waals surface area contributed by atoms with Crippen LogP contribution in [0.3, 0.4) is 0 Å². The predicted octanol–water partition coefficient (Wildman–Crippen LogP) is 3.79. The van der Waals surface area contributed by atoms with Crippen LogP contribution in [0, 0.1) is 0 Å². The summed E-state index contributed by atoms with van der Waals surface area (Å²) < 4.78 is 11.5. The summed E-state index contributed by atoms with van der Waals surface area (Å²) in [6.45, 7) is 1.37. The summed E-state index contributed by atoms with van der Waals surface area (Å²) in [5.74, 6) is 1.46. The minimum atomic E-state index is -0.0219. The SMILES string of the molecule is O=C(COc1ccc(Cl)cc1)N1CCCC(Oc2ccccc2)C1. The molecular weight excluding hydrogens is 326 g/mol. The van der Waals surface area contributed by atoms with Gasteiger partial charge in [0.2, 0.25) is 0 Å². The van der Waals surface area contributed by atoms with Crippen LogP contribution in [-0.2, 0) is 4.79 Å². The quantitative estimate of drug-likeness (QED) is 0.827. The van der Waals surface area contributed by atoms with Gasteiger partial charge in [0.25, 0.3) is 5.91 Å². The number of amides is 1. The molecule has 2 aromatic rings. The van der Waals surface area contributed by atoms with Crippen molar-refractivity contribution in [2.24, 2.45) is 0 Å². The molecule has 1 atom stereocenters. The maximum Gasteiger partial charge on any atom is 0.260 e. The molecule has 3 rings (SSSR count). The first-order chi connectivity index (χ1) is 11.7. The van der Waals surface area contributed by atoms with Gasteiger partial charge in [-0.05, 0) is 49.2 Å². The van der Waals surface area contributed by atoms with E-state index in [-0.39, 0.29) is 18.6 Å². The molecule has 2 aromatic carbocycles. The molecule has 0 bridgehead atoms. The van der Waals surface area contributed by atoms with Gasteiger partial charge in [-0.2, -0.15) is 0 Å². The van der Waals surface area contributed by atoms with Crippen LogP contribution in [0.25, 0.3) is 0 Å². The lowest BCUT2D eigenvalue weighted by atomic mass is 10.1. The molecular formula is C19H20ClNO3. The fourth-order valence-corrected chi connectivity index (χ4v) is 2.85. The molecule has 0 saturated carbocycles. The molecule has 0 N–H and O–H groups in total. The highest BCUT2D eigenvalue weighted by Crippen LogP contribution is 2.19. The average molecular weight is 346 g/mol. The Morgan fingerprint density at radius 1 is 1.08 bits per heavy atom. The number of carbonyl (C=O) groups is 1. The van der Waals surface area contributed by atoms with Crippen LogP contribution in [0.1, 0.15) is 12.8 Å². The van der Waals surface area contributed by atoms with Gasteiger partial charge in [0.05, 0.1) is 6.54 Å². The molecule has 1 unspecified atom stereocenters. The Kier molecular flexibility index (Phi) is 5.59. The Hall–Kier alpha value is -2.20. The Balaban J connectivity index is 1.50. The first kappa shape index (κ1) is 16.7. The molecule has 4 nitrogen and oxygen atoms in total. The van der Waals surface area contributed by atoms with Crippen molar-refractivity contribution in [3.8, 4) is 11.5 Å². The summed E-state index contributed by atoms with van der Waals surface area (Å²) in [5.41, 5.74) is 0. The van der Waals surface area contributed by atoms with E-state index in [1.807, 2.05) is 35.2 Å². The van der Waals surface area contributed by atoms with E-state index in [0.717, 1.165) is 25.1 Å². The number of benzene rings is 2. The standard InChI is InChI=1S/C19H20ClNO3/c20-15-8-10-16(11-9-15)23-14-19(22)21-12-4-7-18(13-21)24-17-5-2-1-3-6-17/h1-3,5-6,8-11,18H,4,7,12-14H2. The maximum absolute atomic E-state index is 12.4. The number of hydrogen-bond acceptors (Lipinski definition) is 3. The van der Waals surface area contributed by atoms with E-state index >= 15 is 0 Å². The van der Waals surface area contributed by atoms with Crippen LogP contribution in [0.15, 0.2) is 54.6 Å². The lowest BCUT2D eigenvalue weighted by Crippen LogP contribution is -2.46. The first-order valence-electron chi connectivity index (χ1n) is 8.08. The van der Waals surface area contributed by atoms with Crippen LogP contribution in [0.4, 0.5) is 0 Å². The number of carbonyl (C=O) groups excluding carboxylic acids is 1. The molecule has 1 aliphatic heterocycles. The van der Waals surface area contributed by atoms with E-state index in [1.165, 1.54) is 0 Å². The van der Waals surface area contributed by atoms with Gasteiger partial charge in [-0.25, -0.2) is 0 Å². The second-order valence-corrected chi connectivity index (χ2v) is 6.21. The molecule has 1 saturated heterocycles. The van der Waals surface area contributed by atoms with Crippen molar-refractivity contribution in [2.45, 2.75) is 18.9 Å². The van der Waals surface area contributed by atoms with Gasteiger partial charge in [-0.1, -0.05) is 29.8 Å². The summed E-state index contributed by atoms with van der Waals surface area (Å²) in [6.07, 6.45) is 1.92. The zero-order chi connectivity index (χ0) is 16.8. The van der Waals surface area contributed by atoms with E-state index in [9.17, 15) is 4.79 Å². The summed E-state index contributed by atoms with van der Waals surface area (Å²) >= 11 is 5.83. The van der Waals surface area contributed by atoms with Gasteiger partial charge in [0.1, 0.15) is 17.6 Å². The lowest BCUT2D eigenvalue weighted by molar-refractivity contribution is -0.136. The van der Waals surface area contributed by atoms with Crippen molar-refractivity contribution in [1.82, 2.24) is 4.90 Å². The summed E-state index contributed by atoms with van der Waals surface area (Å²) in [7, 11) is 0. The zero-order valence-corrected chi connectivity index (χ0v) is 14.1. The van der Waals surface area contributed by atoms with Crippen LogP contribution in [-0.4, -0.2) is 36.6 Å². The summed E-state index contributed by atoms with van der Waals surface area (Å²) in [5, 5.41) is 0.644. The number of hydrogen-bond donors (Lipinski definition) is 0. The molecule has 0 radical (unpaired) electrons. The Labute approximate surface area is 146 Å². The van der Waals surface area contributed by atoms with Crippen LogP contribution in [0.2, 0.25) is 5.02 Å². The summed E-state index contributed by atoms with van der Waals surface area (Å²) in [6, 6.07) is 16.7. The zero-order valence-electron chi connectivity index (χ0n) is 13.4. The average Bonchev–Trinajstić information content (AvgIpc) is 2.62. The number of nitrogens with zero attached hydrogens (tertiary/aromatic N) is 1. The third-order valence-electron chi connectivity index (χ3n) is 3.95. The molecule has 0 spiro atoms. The van der Waals surface area contributed by atoms with Crippen molar-refractivity contribution in [1.29, 1.82) is 0 Å². The van der Waals surface area contributed by atoms with Gasteiger partial charge >= 0.3 is 0 Å². The fraction of sp³-hybridized carbons (Fsp3) is 0.316. The Bertz CT molecular complexity index is 660. The molecule has 1 amide bonds. The number of para-hydroxylation sites is 1. The van der Waals surface area contributed by atoms with E-state index in [0.29, 0.717) is 17.3 Å². The maximum atomic E-state index is 12.4. The number of ether oxygens (including phenoxy) is 2. The molecule has 0 aromatic heterocycles. The molecule has 0 aliphatic carbocycles. The highest BCUT2D eigenvalue weighted by Gasteiger charge is 2.25. The molecule has 1 aliphatic rings. The number of halogens is 1. The smallest absolute Gasteiger partial charge is 0.260 e. The molecule has 5 heteroatoms. The largest absolute Gasteiger partial charge is 0.489 e. The number of rotatable bonds is 5. The van der Waals surface area contributed by atoms with Gasteiger partial charge in [-0.3, -0.25) is 4.79 Å². The van der Waals surface area contributed by atoms with Gasteiger partial charge in [0, 0.05) is 11.6 Å². The van der Waals surface area contributed by atoms with Crippen molar-refractivity contribution in [2.75, 3.05) is 19.7 Å². The lowest BCUT2D eigenvalue weighted by Gasteiger charge is -2.32. The van der Waals surface area contributed by atoms with E-state index < -0.39 is 0 Å². The van der Waals surface area contributed by atoms with Gasteiger partial charge in [0.15, 0.2) is 6.61 Å². The Morgan fingerprint density at radius 3 is 2.58 bits per heavy atom. The third-order valence-corrected chi connectivity index (χ3v) is 4.20. The van der Waals surface area contributed by atoms with Crippen LogP contribution < -0.4 is 9.47 Å². The minimum absolute atomic E-state index is 0.0219. The summed E-state index contributed by atoms with van der Waals surface area (Å²) in [4.78, 5) is 14.2. The van der Waals surface area contributed by atoms with Crippen LogP contribution >= 0.6 is 11.6 Å². The number of piperidine rings is 1.